The Morgan fingerprint density at radius 1 is 0.893 bits per heavy atom. The van der Waals surface area contributed by atoms with E-state index in [1.165, 1.54) is 5.56 Å². The molecule has 0 aliphatic rings. The summed E-state index contributed by atoms with van der Waals surface area (Å²) in [5.41, 5.74) is 2.95. The van der Waals surface area contributed by atoms with Crippen LogP contribution in [0.3, 0.4) is 0 Å². The van der Waals surface area contributed by atoms with Gasteiger partial charge in [0.2, 0.25) is 0 Å². The van der Waals surface area contributed by atoms with Crippen LogP contribution in [0.4, 0.5) is 0 Å². The van der Waals surface area contributed by atoms with Crippen LogP contribution in [0, 0.1) is 0 Å². The van der Waals surface area contributed by atoms with Crippen LogP contribution in [0.1, 0.15) is 27.2 Å². The van der Waals surface area contributed by atoms with Crippen molar-refractivity contribution in [3.05, 3.63) is 98.1 Å². The number of fused-ring (bicyclic) bond motifs is 1. The Hall–Kier alpha value is -2.37. The summed E-state index contributed by atoms with van der Waals surface area (Å²) in [6.45, 7) is 0. The van der Waals surface area contributed by atoms with Gasteiger partial charge < -0.3 is 9.52 Å². The van der Waals surface area contributed by atoms with E-state index in [9.17, 15) is 9.90 Å². The topological polar surface area (TPSA) is 50.4 Å². The highest BCUT2D eigenvalue weighted by Crippen LogP contribution is 2.36. The molecule has 5 heteroatoms. The number of aromatic hydroxyl groups is 1. The lowest BCUT2D eigenvalue weighted by atomic mass is 9.97. The standard InChI is InChI=1S/C23H16Br2O3/c24-17-12-15(13-18(25)23(17)27)22(26)21-16-8-4-5-9-19(16)28-20(21)11-10-14-6-2-1-3-7-14/h1-9,12-13,27H,10-11H2. The molecule has 1 N–H and O–H groups in total. The van der Waals surface area contributed by atoms with Crippen LogP contribution in [0.25, 0.3) is 11.0 Å². The number of halogens is 2. The number of furan rings is 1. The lowest BCUT2D eigenvalue weighted by molar-refractivity contribution is 0.103. The lowest BCUT2D eigenvalue weighted by Crippen LogP contribution is -2.05. The van der Waals surface area contributed by atoms with Crippen LogP contribution in [-0.4, -0.2) is 10.9 Å². The van der Waals surface area contributed by atoms with Crippen LogP contribution in [0.5, 0.6) is 5.75 Å². The maximum atomic E-state index is 13.4. The monoisotopic (exact) mass is 498 g/mol. The molecule has 1 aromatic heterocycles. The molecule has 0 atom stereocenters. The zero-order valence-corrected chi connectivity index (χ0v) is 18.0. The van der Waals surface area contributed by atoms with Gasteiger partial charge in [0.15, 0.2) is 5.78 Å². The van der Waals surface area contributed by atoms with Gasteiger partial charge in [0.1, 0.15) is 17.1 Å². The average molecular weight is 500 g/mol. The fourth-order valence-corrected chi connectivity index (χ4v) is 4.45. The Balaban J connectivity index is 1.77. The van der Waals surface area contributed by atoms with E-state index < -0.39 is 0 Å². The number of hydrogen-bond acceptors (Lipinski definition) is 3. The Morgan fingerprint density at radius 3 is 2.25 bits per heavy atom. The summed E-state index contributed by atoms with van der Waals surface area (Å²) in [5, 5.41) is 10.8. The number of para-hydroxylation sites is 1. The molecule has 0 unspecified atom stereocenters. The number of carbonyl (C=O) groups is 1. The Labute approximate surface area is 179 Å². The number of ketones is 1. The smallest absolute Gasteiger partial charge is 0.197 e. The molecule has 0 aliphatic heterocycles. The maximum Gasteiger partial charge on any atom is 0.197 e. The van der Waals surface area contributed by atoms with Gasteiger partial charge in [0.25, 0.3) is 0 Å². The largest absolute Gasteiger partial charge is 0.506 e. The molecule has 0 saturated heterocycles. The molecule has 0 fully saturated rings. The van der Waals surface area contributed by atoms with E-state index >= 15 is 0 Å². The highest BCUT2D eigenvalue weighted by Gasteiger charge is 2.23. The number of phenolic OH excluding ortho intramolecular Hbond substituents is 1. The highest BCUT2D eigenvalue weighted by molar-refractivity contribution is 9.11. The molecule has 0 bridgehead atoms. The van der Waals surface area contributed by atoms with Crippen molar-refractivity contribution in [2.45, 2.75) is 12.8 Å². The second-order valence-electron chi connectivity index (χ2n) is 6.50. The lowest BCUT2D eigenvalue weighted by Gasteiger charge is -2.07. The SMILES string of the molecule is O=C(c1cc(Br)c(O)c(Br)c1)c1c(CCc2ccccc2)oc2ccccc12. The summed E-state index contributed by atoms with van der Waals surface area (Å²) in [4.78, 5) is 13.4. The minimum Gasteiger partial charge on any atom is -0.506 e. The predicted molar refractivity (Wildman–Crippen MR) is 117 cm³/mol. The Bertz CT molecular complexity index is 1140. The maximum absolute atomic E-state index is 13.4. The third-order valence-electron chi connectivity index (χ3n) is 4.66. The third-order valence-corrected chi connectivity index (χ3v) is 5.87. The van der Waals surface area contributed by atoms with Crippen LogP contribution in [0.15, 0.2) is 80.1 Å². The molecule has 4 rings (SSSR count). The molecule has 28 heavy (non-hydrogen) atoms. The summed E-state index contributed by atoms with van der Waals surface area (Å²) in [7, 11) is 0. The minimum atomic E-state index is -0.130. The summed E-state index contributed by atoms with van der Waals surface area (Å²) < 4.78 is 6.98. The van der Waals surface area contributed by atoms with Crippen molar-refractivity contribution in [2.75, 3.05) is 0 Å². The molecule has 3 aromatic carbocycles. The van der Waals surface area contributed by atoms with Crippen LogP contribution in [0.2, 0.25) is 0 Å². The van der Waals surface area contributed by atoms with Gasteiger partial charge in [-0.05, 0) is 62.0 Å². The molecule has 0 saturated carbocycles. The molecule has 0 radical (unpaired) electrons. The van der Waals surface area contributed by atoms with E-state index in [2.05, 4.69) is 44.0 Å². The van der Waals surface area contributed by atoms with Gasteiger partial charge in [-0.3, -0.25) is 4.79 Å². The zero-order chi connectivity index (χ0) is 19.7. The molecule has 0 spiro atoms. The van der Waals surface area contributed by atoms with Gasteiger partial charge in [0.05, 0.1) is 14.5 Å². The van der Waals surface area contributed by atoms with Crippen molar-refractivity contribution in [1.29, 1.82) is 0 Å². The summed E-state index contributed by atoms with van der Waals surface area (Å²) in [5.74, 6) is 0.614. The van der Waals surface area contributed by atoms with Crippen molar-refractivity contribution in [2.24, 2.45) is 0 Å². The van der Waals surface area contributed by atoms with Crippen molar-refractivity contribution in [3.63, 3.8) is 0 Å². The van der Waals surface area contributed by atoms with E-state index in [4.69, 9.17) is 4.42 Å². The molecule has 4 aromatic rings. The number of carbonyl (C=O) groups excluding carboxylic acids is 1. The molecule has 3 nitrogen and oxygen atoms in total. The molecule has 0 aliphatic carbocycles. The van der Waals surface area contributed by atoms with E-state index in [0.717, 1.165) is 11.8 Å². The number of rotatable bonds is 5. The summed E-state index contributed by atoms with van der Waals surface area (Å²) >= 11 is 6.60. The van der Waals surface area contributed by atoms with Gasteiger partial charge in [-0.15, -0.1) is 0 Å². The first kappa shape index (κ1) is 19.0. The molecule has 1 heterocycles. The Morgan fingerprint density at radius 2 is 1.54 bits per heavy atom. The number of aryl methyl sites for hydroxylation is 2. The first-order chi connectivity index (χ1) is 13.5. The zero-order valence-electron chi connectivity index (χ0n) is 14.8. The molecule has 140 valence electrons. The predicted octanol–water partition coefficient (Wildman–Crippen LogP) is 6.68. The van der Waals surface area contributed by atoms with Crippen molar-refractivity contribution < 1.29 is 14.3 Å². The van der Waals surface area contributed by atoms with Crippen molar-refractivity contribution in [3.8, 4) is 5.75 Å². The molecular formula is C23H16Br2O3. The van der Waals surface area contributed by atoms with E-state index in [0.29, 0.717) is 37.8 Å². The van der Waals surface area contributed by atoms with Crippen LogP contribution in [-0.2, 0) is 12.8 Å². The fraction of sp³-hybridized carbons (Fsp3) is 0.0870. The van der Waals surface area contributed by atoms with Gasteiger partial charge >= 0.3 is 0 Å². The van der Waals surface area contributed by atoms with E-state index in [1.807, 2.05) is 42.5 Å². The number of hydrogen-bond donors (Lipinski definition) is 1. The van der Waals surface area contributed by atoms with E-state index in [1.54, 1.807) is 12.1 Å². The van der Waals surface area contributed by atoms with Gasteiger partial charge in [-0.2, -0.15) is 0 Å². The summed E-state index contributed by atoms with van der Waals surface area (Å²) in [6, 6.07) is 21.0. The normalized spacial score (nSPS) is 11.1. The number of benzene rings is 3. The highest BCUT2D eigenvalue weighted by atomic mass is 79.9. The average Bonchev–Trinajstić information content (AvgIpc) is 3.08. The van der Waals surface area contributed by atoms with Gasteiger partial charge in [0, 0.05) is 17.4 Å². The second kappa shape index (κ2) is 7.94. The molecule has 0 amide bonds. The third kappa shape index (κ3) is 3.64. The van der Waals surface area contributed by atoms with E-state index in [-0.39, 0.29) is 11.5 Å². The van der Waals surface area contributed by atoms with Crippen molar-refractivity contribution >= 4 is 48.6 Å². The van der Waals surface area contributed by atoms with Crippen molar-refractivity contribution in [1.82, 2.24) is 0 Å². The quantitative estimate of drug-likeness (QED) is 0.311. The second-order valence-corrected chi connectivity index (χ2v) is 8.21. The Kier molecular flexibility index (Phi) is 5.38. The number of phenols is 1. The van der Waals surface area contributed by atoms with Crippen LogP contribution < -0.4 is 0 Å². The first-order valence-electron chi connectivity index (χ1n) is 8.81. The summed E-state index contributed by atoms with van der Waals surface area (Å²) in [6.07, 6.45) is 1.41. The minimum absolute atomic E-state index is 0.0675. The van der Waals surface area contributed by atoms with Gasteiger partial charge in [-0.1, -0.05) is 48.5 Å². The first-order valence-corrected chi connectivity index (χ1v) is 10.4. The fourth-order valence-electron chi connectivity index (χ4n) is 3.26. The molecular weight excluding hydrogens is 484 g/mol. The van der Waals surface area contributed by atoms with Crippen LogP contribution >= 0.6 is 31.9 Å². The van der Waals surface area contributed by atoms with Gasteiger partial charge in [-0.25, -0.2) is 0 Å².